The van der Waals surface area contributed by atoms with E-state index in [0.29, 0.717) is 6.42 Å². The number of rotatable bonds is 4. The molecule has 1 aliphatic rings. The number of pyridine rings is 1. The Kier molecular flexibility index (Phi) is 4.51. The van der Waals surface area contributed by atoms with Crippen LogP contribution in [0, 0.1) is 0 Å². The van der Waals surface area contributed by atoms with Gasteiger partial charge in [-0.2, -0.15) is 0 Å². The van der Waals surface area contributed by atoms with Gasteiger partial charge >= 0.3 is 0 Å². The third-order valence-electron chi connectivity index (χ3n) is 3.35. The zero-order valence-electron chi connectivity index (χ0n) is 10.9. The van der Waals surface area contributed by atoms with E-state index in [1.807, 2.05) is 12.1 Å². The van der Waals surface area contributed by atoms with Crippen LogP contribution in [0.15, 0.2) is 36.2 Å². The van der Waals surface area contributed by atoms with Gasteiger partial charge in [0.15, 0.2) is 0 Å². The van der Waals surface area contributed by atoms with Gasteiger partial charge in [-0.05, 0) is 44.2 Å². The lowest BCUT2D eigenvalue weighted by molar-refractivity contribution is -0.120. The molecule has 0 aliphatic heterocycles. The summed E-state index contributed by atoms with van der Waals surface area (Å²) >= 11 is 0. The van der Waals surface area contributed by atoms with Crippen molar-refractivity contribution in [2.45, 2.75) is 45.1 Å². The molecule has 3 heteroatoms. The van der Waals surface area contributed by atoms with Crippen molar-refractivity contribution in [2.75, 3.05) is 0 Å². The van der Waals surface area contributed by atoms with Crippen molar-refractivity contribution >= 4 is 5.91 Å². The SMILES string of the molecule is C[C@H](NC(=O)Cc1cccnc1)C1=CCCCC1. The fourth-order valence-electron chi connectivity index (χ4n) is 2.33. The number of hydrogen-bond acceptors (Lipinski definition) is 2. The molecule has 0 spiro atoms. The predicted octanol–water partition coefficient (Wildman–Crippen LogP) is 2.63. The van der Waals surface area contributed by atoms with Gasteiger partial charge in [0, 0.05) is 18.4 Å². The second-order valence-electron chi connectivity index (χ2n) is 4.85. The maximum atomic E-state index is 11.9. The van der Waals surface area contributed by atoms with E-state index >= 15 is 0 Å². The van der Waals surface area contributed by atoms with Gasteiger partial charge in [0.1, 0.15) is 0 Å². The highest BCUT2D eigenvalue weighted by Crippen LogP contribution is 2.20. The van der Waals surface area contributed by atoms with Gasteiger partial charge in [-0.1, -0.05) is 17.7 Å². The van der Waals surface area contributed by atoms with Gasteiger partial charge in [0.05, 0.1) is 6.42 Å². The van der Waals surface area contributed by atoms with Crippen LogP contribution < -0.4 is 5.32 Å². The molecule has 0 saturated carbocycles. The van der Waals surface area contributed by atoms with E-state index in [9.17, 15) is 4.79 Å². The normalized spacial score (nSPS) is 16.8. The lowest BCUT2D eigenvalue weighted by atomic mass is 9.94. The van der Waals surface area contributed by atoms with E-state index in [-0.39, 0.29) is 11.9 Å². The molecular weight excluding hydrogens is 224 g/mol. The second kappa shape index (κ2) is 6.34. The third-order valence-corrected chi connectivity index (χ3v) is 3.35. The van der Waals surface area contributed by atoms with Crippen molar-refractivity contribution in [3.8, 4) is 0 Å². The van der Waals surface area contributed by atoms with E-state index in [4.69, 9.17) is 0 Å². The highest BCUT2D eigenvalue weighted by atomic mass is 16.1. The molecule has 1 aliphatic carbocycles. The minimum absolute atomic E-state index is 0.0713. The quantitative estimate of drug-likeness (QED) is 0.827. The highest BCUT2D eigenvalue weighted by Gasteiger charge is 2.14. The summed E-state index contributed by atoms with van der Waals surface area (Å²) in [6.07, 6.45) is 10.9. The van der Waals surface area contributed by atoms with Crippen molar-refractivity contribution in [2.24, 2.45) is 0 Å². The summed E-state index contributed by atoms with van der Waals surface area (Å²) in [6.45, 7) is 2.07. The summed E-state index contributed by atoms with van der Waals surface area (Å²) in [5.41, 5.74) is 2.33. The minimum Gasteiger partial charge on any atom is -0.350 e. The van der Waals surface area contributed by atoms with E-state index in [0.717, 1.165) is 18.4 Å². The molecule has 1 amide bonds. The maximum absolute atomic E-state index is 11.9. The Bertz CT molecular complexity index is 425. The fourth-order valence-corrected chi connectivity index (χ4v) is 2.33. The topological polar surface area (TPSA) is 42.0 Å². The van der Waals surface area contributed by atoms with Gasteiger partial charge in [-0.15, -0.1) is 0 Å². The van der Waals surface area contributed by atoms with Crippen LogP contribution in [0.5, 0.6) is 0 Å². The van der Waals surface area contributed by atoms with Crippen LogP contribution in [0.1, 0.15) is 38.2 Å². The summed E-state index contributed by atoms with van der Waals surface area (Å²) in [4.78, 5) is 15.9. The zero-order chi connectivity index (χ0) is 12.8. The first-order chi connectivity index (χ1) is 8.75. The van der Waals surface area contributed by atoms with Crippen LogP contribution in [-0.2, 0) is 11.2 Å². The maximum Gasteiger partial charge on any atom is 0.224 e. The average molecular weight is 244 g/mol. The standard InChI is InChI=1S/C15H20N2O/c1-12(14-7-3-2-4-8-14)17-15(18)10-13-6-5-9-16-11-13/h5-7,9,11-12H,2-4,8,10H2,1H3,(H,17,18)/t12-/m0/s1. The monoisotopic (exact) mass is 244 g/mol. The molecule has 1 heterocycles. The molecule has 1 aromatic heterocycles. The second-order valence-corrected chi connectivity index (χ2v) is 4.85. The van der Waals surface area contributed by atoms with Crippen LogP contribution in [0.25, 0.3) is 0 Å². The Morgan fingerprint density at radius 2 is 2.39 bits per heavy atom. The predicted molar refractivity (Wildman–Crippen MR) is 72.1 cm³/mol. The Hall–Kier alpha value is -1.64. The first-order valence-corrected chi connectivity index (χ1v) is 6.63. The number of amides is 1. The lowest BCUT2D eigenvalue weighted by Crippen LogP contribution is -2.35. The smallest absolute Gasteiger partial charge is 0.224 e. The molecule has 0 aromatic carbocycles. The number of carbonyl (C=O) groups excluding carboxylic acids is 1. The average Bonchev–Trinajstić information content (AvgIpc) is 2.40. The molecule has 3 nitrogen and oxygen atoms in total. The van der Waals surface area contributed by atoms with Crippen molar-refractivity contribution in [3.05, 3.63) is 41.7 Å². The van der Waals surface area contributed by atoms with Crippen LogP contribution in [0.4, 0.5) is 0 Å². The van der Waals surface area contributed by atoms with Crippen molar-refractivity contribution in [3.63, 3.8) is 0 Å². The van der Waals surface area contributed by atoms with E-state index in [1.54, 1.807) is 12.4 Å². The molecule has 1 aromatic rings. The number of aromatic nitrogens is 1. The molecule has 0 saturated heterocycles. The molecule has 0 fully saturated rings. The Balaban J connectivity index is 1.85. The number of carbonyl (C=O) groups is 1. The Labute approximate surface area is 108 Å². The van der Waals surface area contributed by atoms with Crippen LogP contribution in [-0.4, -0.2) is 16.9 Å². The zero-order valence-corrected chi connectivity index (χ0v) is 10.9. The molecule has 0 radical (unpaired) electrons. The molecule has 1 N–H and O–H groups in total. The van der Waals surface area contributed by atoms with Gasteiger partial charge in [0.2, 0.25) is 5.91 Å². The lowest BCUT2D eigenvalue weighted by Gasteiger charge is -2.20. The highest BCUT2D eigenvalue weighted by molar-refractivity contribution is 5.79. The van der Waals surface area contributed by atoms with Crippen molar-refractivity contribution in [1.82, 2.24) is 10.3 Å². The van der Waals surface area contributed by atoms with Crippen LogP contribution >= 0.6 is 0 Å². The summed E-state index contributed by atoms with van der Waals surface area (Å²) in [5.74, 6) is 0.0713. The molecule has 1 atom stereocenters. The number of allylic oxidation sites excluding steroid dienone is 1. The Morgan fingerprint density at radius 1 is 1.50 bits per heavy atom. The molecule has 0 unspecified atom stereocenters. The number of hydrogen-bond donors (Lipinski definition) is 1. The summed E-state index contributed by atoms with van der Waals surface area (Å²) < 4.78 is 0. The fraction of sp³-hybridized carbons (Fsp3) is 0.467. The van der Waals surface area contributed by atoms with Gasteiger partial charge < -0.3 is 5.32 Å². The number of nitrogens with zero attached hydrogens (tertiary/aromatic N) is 1. The van der Waals surface area contributed by atoms with Crippen LogP contribution in [0.3, 0.4) is 0 Å². The molecular formula is C15H20N2O. The summed E-state index contributed by atoms with van der Waals surface area (Å²) in [5, 5.41) is 3.06. The van der Waals surface area contributed by atoms with E-state index in [1.165, 1.54) is 18.4 Å². The van der Waals surface area contributed by atoms with Gasteiger partial charge in [-0.3, -0.25) is 9.78 Å². The van der Waals surface area contributed by atoms with E-state index < -0.39 is 0 Å². The van der Waals surface area contributed by atoms with Crippen LogP contribution in [0.2, 0.25) is 0 Å². The number of nitrogens with one attached hydrogen (secondary N) is 1. The van der Waals surface area contributed by atoms with Gasteiger partial charge in [-0.25, -0.2) is 0 Å². The first-order valence-electron chi connectivity index (χ1n) is 6.63. The van der Waals surface area contributed by atoms with Gasteiger partial charge in [0.25, 0.3) is 0 Å². The van der Waals surface area contributed by atoms with Crippen molar-refractivity contribution < 1.29 is 4.79 Å². The first kappa shape index (κ1) is 12.8. The molecule has 0 bridgehead atoms. The van der Waals surface area contributed by atoms with Crippen molar-refractivity contribution in [1.29, 1.82) is 0 Å². The molecule has 96 valence electrons. The van der Waals surface area contributed by atoms with E-state index in [2.05, 4.69) is 23.3 Å². The third kappa shape index (κ3) is 3.69. The summed E-state index contributed by atoms with van der Waals surface area (Å²) in [6, 6.07) is 3.95. The largest absolute Gasteiger partial charge is 0.350 e. The minimum atomic E-state index is 0.0713. The Morgan fingerprint density at radius 3 is 3.06 bits per heavy atom. The molecule has 2 rings (SSSR count). The molecule has 18 heavy (non-hydrogen) atoms. The summed E-state index contributed by atoms with van der Waals surface area (Å²) in [7, 11) is 0.